The Morgan fingerprint density at radius 3 is 2.69 bits per heavy atom. The molecule has 1 N–H and O–H groups in total. The molecule has 0 unspecified atom stereocenters. The van der Waals surface area contributed by atoms with Crippen molar-refractivity contribution in [3.8, 4) is 0 Å². The van der Waals surface area contributed by atoms with Crippen molar-refractivity contribution >= 4 is 5.69 Å². The highest BCUT2D eigenvalue weighted by atomic mass is 19.1. The van der Waals surface area contributed by atoms with Crippen molar-refractivity contribution in [1.29, 1.82) is 0 Å². The summed E-state index contributed by atoms with van der Waals surface area (Å²) in [5.41, 5.74) is 1.81. The third kappa shape index (κ3) is 4.19. The first-order valence-electron chi connectivity index (χ1n) is 5.80. The summed E-state index contributed by atoms with van der Waals surface area (Å²) in [5, 5.41) is 3.20. The smallest absolute Gasteiger partial charge is 0.126 e. The minimum absolute atomic E-state index is 0.0968. The van der Waals surface area contributed by atoms with E-state index >= 15 is 0 Å². The molecule has 90 valence electrons. The highest BCUT2D eigenvalue weighted by molar-refractivity contribution is 5.46. The maximum absolute atomic E-state index is 13.5. The van der Waals surface area contributed by atoms with Gasteiger partial charge in [-0.25, -0.2) is 4.39 Å². The fourth-order valence-corrected chi connectivity index (χ4v) is 1.67. The molecule has 0 aliphatic carbocycles. The summed E-state index contributed by atoms with van der Waals surface area (Å²) >= 11 is 0. The summed E-state index contributed by atoms with van der Waals surface area (Å²) in [7, 11) is 4.07. The van der Waals surface area contributed by atoms with Gasteiger partial charge in [0.1, 0.15) is 5.82 Å². The lowest BCUT2D eigenvalue weighted by Crippen LogP contribution is -2.13. The normalized spacial score (nSPS) is 10.8. The predicted molar refractivity (Wildman–Crippen MR) is 67.4 cm³/mol. The second kappa shape index (κ2) is 6.48. The molecule has 0 bridgehead atoms. The van der Waals surface area contributed by atoms with Crippen molar-refractivity contribution in [1.82, 2.24) is 4.90 Å². The molecule has 1 aromatic carbocycles. The summed E-state index contributed by atoms with van der Waals surface area (Å²) in [5.74, 6) is -0.0968. The molecular weight excluding hydrogens is 203 g/mol. The van der Waals surface area contributed by atoms with Crippen LogP contribution in [0.4, 0.5) is 10.1 Å². The van der Waals surface area contributed by atoms with Crippen LogP contribution in [0.3, 0.4) is 0 Å². The number of benzene rings is 1. The number of nitrogens with one attached hydrogen (secondary N) is 1. The van der Waals surface area contributed by atoms with Gasteiger partial charge >= 0.3 is 0 Å². The average molecular weight is 224 g/mol. The maximum Gasteiger partial charge on any atom is 0.126 e. The van der Waals surface area contributed by atoms with Gasteiger partial charge in [-0.15, -0.1) is 0 Å². The summed E-state index contributed by atoms with van der Waals surface area (Å²) in [6, 6.07) is 5.24. The summed E-state index contributed by atoms with van der Waals surface area (Å²) in [6.07, 6.45) is 1.78. The number of hydrogen-bond acceptors (Lipinski definition) is 2. The molecule has 0 aliphatic heterocycles. The predicted octanol–water partition coefficient (Wildman–Crippen LogP) is 2.75. The molecule has 0 saturated carbocycles. The minimum atomic E-state index is -0.0968. The molecule has 0 spiro atoms. The van der Waals surface area contributed by atoms with E-state index in [1.165, 1.54) is 0 Å². The SMILES string of the molecule is CCNc1ccc(F)c(CCCN(C)C)c1. The zero-order chi connectivity index (χ0) is 12.0. The summed E-state index contributed by atoms with van der Waals surface area (Å²) < 4.78 is 13.5. The van der Waals surface area contributed by atoms with Crippen LogP contribution in [0, 0.1) is 5.82 Å². The molecule has 0 heterocycles. The second-order valence-corrected chi connectivity index (χ2v) is 4.24. The van der Waals surface area contributed by atoms with Crippen LogP contribution in [-0.2, 0) is 6.42 Å². The molecule has 2 nitrogen and oxygen atoms in total. The van der Waals surface area contributed by atoms with Crippen LogP contribution in [0.2, 0.25) is 0 Å². The third-order valence-electron chi connectivity index (χ3n) is 2.48. The van der Waals surface area contributed by atoms with E-state index in [-0.39, 0.29) is 5.82 Å². The van der Waals surface area contributed by atoms with Gasteiger partial charge in [0, 0.05) is 12.2 Å². The highest BCUT2D eigenvalue weighted by Crippen LogP contribution is 2.16. The molecule has 16 heavy (non-hydrogen) atoms. The first-order valence-corrected chi connectivity index (χ1v) is 5.80. The molecule has 0 amide bonds. The fourth-order valence-electron chi connectivity index (χ4n) is 1.67. The first kappa shape index (κ1) is 13.0. The van der Waals surface area contributed by atoms with Gasteiger partial charge in [-0.1, -0.05) is 0 Å². The van der Waals surface area contributed by atoms with E-state index in [2.05, 4.69) is 10.2 Å². The molecule has 0 aromatic heterocycles. The van der Waals surface area contributed by atoms with E-state index in [4.69, 9.17) is 0 Å². The van der Waals surface area contributed by atoms with E-state index in [1.807, 2.05) is 27.1 Å². The fraction of sp³-hybridized carbons (Fsp3) is 0.538. The number of halogens is 1. The molecule has 0 atom stereocenters. The number of rotatable bonds is 6. The Balaban J connectivity index is 2.59. The van der Waals surface area contributed by atoms with E-state index in [1.54, 1.807) is 12.1 Å². The van der Waals surface area contributed by atoms with Crippen LogP contribution in [0.25, 0.3) is 0 Å². The van der Waals surface area contributed by atoms with Gasteiger partial charge in [-0.3, -0.25) is 0 Å². The van der Waals surface area contributed by atoms with E-state index in [0.29, 0.717) is 0 Å². The van der Waals surface area contributed by atoms with Crippen molar-refractivity contribution < 1.29 is 4.39 Å². The lowest BCUT2D eigenvalue weighted by molar-refractivity contribution is 0.399. The van der Waals surface area contributed by atoms with Crippen LogP contribution in [0.1, 0.15) is 18.9 Å². The Morgan fingerprint density at radius 2 is 2.06 bits per heavy atom. The van der Waals surface area contributed by atoms with Crippen molar-refractivity contribution in [2.75, 3.05) is 32.5 Å². The third-order valence-corrected chi connectivity index (χ3v) is 2.48. The molecule has 1 aromatic rings. The lowest BCUT2D eigenvalue weighted by atomic mass is 10.1. The molecule has 0 aliphatic rings. The number of nitrogens with zero attached hydrogens (tertiary/aromatic N) is 1. The number of aryl methyl sites for hydroxylation is 1. The van der Waals surface area contributed by atoms with Gasteiger partial charge in [0.25, 0.3) is 0 Å². The lowest BCUT2D eigenvalue weighted by Gasteiger charge is -2.11. The number of anilines is 1. The van der Waals surface area contributed by atoms with Gasteiger partial charge in [-0.2, -0.15) is 0 Å². The Bertz CT molecular complexity index is 324. The monoisotopic (exact) mass is 224 g/mol. The van der Waals surface area contributed by atoms with Crippen LogP contribution in [0.15, 0.2) is 18.2 Å². The van der Waals surface area contributed by atoms with Gasteiger partial charge in [-0.05, 0) is 64.2 Å². The van der Waals surface area contributed by atoms with Gasteiger partial charge < -0.3 is 10.2 Å². The molecule has 0 saturated heterocycles. The zero-order valence-electron chi connectivity index (χ0n) is 10.4. The molecule has 3 heteroatoms. The molecular formula is C13H21FN2. The van der Waals surface area contributed by atoms with Gasteiger partial charge in [0.2, 0.25) is 0 Å². The van der Waals surface area contributed by atoms with Crippen molar-refractivity contribution in [3.63, 3.8) is 0 Å². The van der Waals surface area contributed by atoms with Crippen LogP contribution in [0.5, 0.6) is 0 Å². The maximum atomic E-state index is 13.5. The standard InChI is InChI=1S/C13H21FN2/c1-4-15-12-7-8-13(14)11(10-12)6-5-9-16(2)3/h7-8,10,15H,4-6,9H2,1-3H3. The van der Waals surface area contributed by atoms with Crippen molar-refractivity contribution in [2.45, 2.75) is 19.8 Å². The Hall–Kier alpha value is -1.09. The quantitative estimate of drug-likeness (QED) is 0.799. The average Bonchev–Trinajstić information content (AvgIpc) is 2.22. The van der Waals surface area contributed by atoms with Gasteiger partial charge in [0.15, 0.2) is 0 Å². The topological polar surface area (TPSA) is 15.3 Å². The summed E-state index contributed by atoms with van der Waals surface area (Å²) in [6.45, 7) is 3.89. The van der Waals surface area contributed by atoms with E-state index in [0.717, 1.165) is 37.2 Å². The van der Waals surface area contributed by atoms with Crippen LogP contribution < -0.4 is 5.32 Å². The Morgan fingerprint density at radius 1 is 1.31 bits per heavy atom. The molecule has 0 radical (unpaired) electrons. The highest BCUT2D eigenvalue weighted by Gasteiger charge is 2.03. The Kier molecular flexibility index (Phi) is 5.26. The van der Waals surface area contributed by atoms with E-state index < -0.39 is 0 Å². The van der Waals surface area contributed by atoms with Crippen LogP contribution in [-0.4, -0.2) is 32.1 Å². The van der Waals surface area contributed by atoms with Crippen LogP contribution >= 0.6 is 0 Å². The summed E-state index contributed by atoms with van der Waals surface area (Å²) in [4.78, 5) is 2.12. The minimum Gasteiger partial charge on any atom is -0.385 e. The van der Waals surface area contributed by atoms with Crippen molar-refractivity contribution in [2.24, 2.45) is 0 Å². The second-order valence-electron chi connectivity index (χ2n) is 4.24. The molecule has 0 fully saturated rings. The van der Waals surface area contributed by atoms with Gasteiger partial charge in [0.05, 0.1) is 0 Å². The molecule has 1 rings (SSSR count). The number of hydrogen-bond donors (Lipinski definition) is 1. The largest absolute Gasteiger partial charge is 0.385 e. The first-order chi connectivity index (χ1) is 7.63. The van der Waals surface area contributed by atoms with E-state index in [9.17, 15) is 4.39 Å². The zero-order valence-corrected chi connectivity index (χ0v) is 10.4. The Labute approximate surface area is 97.5 Å². The van der Waals surface area contributed by atoms with Crippen molar-refractivity contribution in [3.05, 3.63) is 29.6 Å².